The van der Waals surface area contributed by atoms with Crippen LogP contribution in [-0.4, -0.2) is 52.2 Å². The summed E-state index contributed by atoms with van der Waals surface area (Å²) in [4.78, 5) is 36.2. The van der Waals surface area contributed by atoms with E-state index in [1.165, 1.54) is 6.33 Å². The third-order valence-electron chi connectivity index (χ3n) is 8.23. The topological polar surface area (TPSA) is 129 Å². The first-order chi connectivity index (χ1) is 22.3. The number of aromatic nitrogens is 2. The lowest BCUT2D eigenvalue weighted by Gasteiger charge is -2.33. The van der Waals surface area contributed by atoms with Crippen molar-refractivity contribution in [1.82, 2.24) is 14.9 Å². The number of likely N-dealkylation sites (tertiary alicyclic amines) is 1. The lowest BCUT2D eigenvalue weighted by Crippen LogP contribution is -2.42. The van der Waals surface area contributed by atoms with Gasteiger partial charge in [0.1, 0.15) is 23.5 Å². The normalized spacial score (nSPS) is 13.9. The molecule has 2 amide bonds. The number of hydrogen-bond donors (Lipinski definition) is 2. The van der Waals surface area contributed by atoms with Crippen LogP contribution in [0.3, 0.4) is 0 Å². The standard InChI is InChI=1S/C37H42N6O4/c1-24-10-11-28(41-34(44)26-8-7-9-27(18-26)37(5,6)22-38)19-31(24)42-33-30-13-12-29(20-32(30)39-23-40-33)46-21-25-14-16-43(17-15-25)35(45)47-36(2,3)4/h7-13,18-20,23,25H,14-17,21H2,1-6H3,(H,41,44)(H,39,40,42). The van der Waals surface area contributed by atoms with E-state index < -0.39 is 11.0 Å². The van der Waals surface area contributed by atoms with Gasteiger partial charge < -0.3 is 25.0 Å². The summed E-state index contributed by atoms with van der Waals surface area (Å²) in [6, 6.07) is 20.8. The molecule has 4 aromatic rings. The maximum atomic E-state index is 13.1. The van der Waals surface area contributed by atoms with E-state index in [1.54, 1.807) is 23.1 Å². The average molecular weight is 635 g/mol. The summed E-state index contributed by atoms with van der Waals surface area (Å²) in [5.41, 5.74) is 3.19. The maximum Gasteiger partial charge on any atom is 0.410 e. The first kappa shape index (κ1) is 33.2. The van der Waals surface area contributed by atoms with Gasteiger partial charge in [0.15, 0.2) is 0 Å². The molecule has 10 heteroatoms. The molecule has 1 aliphatic heterocycles. The number of amides is 2. The van der Waals surface area contributed by atoms with Crippen LogP contribution in [0.25, 0.3) is 10.9 Å². The van der Waals surface area contributed by atoms with Crippen molar-refractivity contribution < 1.29 is 19.1 Å². The number of nitrogens with zero attached hydrogens (tertiary/aromatic N) is 4. The van der Waals surface area contributed by atoms with E-state index in [2.05, 4.69) is 26.7 Å². The monoisotopic (exact) mass is 634 g/mol. The summed E-state index contributed by atoms with van der Waals surface area (Å²) in [7, 11) is 0. The molecule has 0 aliphatic carbocycles. The molecule has 1 saturated heterocycles. The fourth-order valence-corrected chi connectivity index (χ4v) is 5.33. The Kier molecular flexibility index (Phi) is 9.66. The zero-order valence-electron chi connectivity index (χ0n) is 27.9. The molecule has 10 nitrogen and oxygen atoms in total. The zero-order valence-corrected chi connectivity index (χ0v) is 27.9. The molecule has 0 atom stereocenters. The van der Waals surface area contributed by atoms with Crippen molar-refractivity contribution in [1.29, 1.82) is 5.26 Å². The molecule has 1 aliphatic rings. The van der Waals surface area contributed by atoms with Gasteiger partial charge in [-0.05, 0) is 108 Å². The highest BCUT2D eigenvalue weighted by Gasteiger charge is 2.27. The fraction of sp³-hybridized carbons (Fsp3) is 0.378. The number of piperidine rings is 1. The van der Waals surface area contributed by atoms with Gasteiger partial charge in [-0.15, -0.1) is 0 Å². The molecular weight excluding hydrogens is 592 g/mol. The number of nitrogens with one attached hydrogen (secondary N) is 2. The Morgan fingerprint density at radius 3 is 2.49 bits per heavy atom. The third kappa shape index (κ3) is 8.36. The number of benzene rings is 3. The molecule has 2 N–H and O–H groups in total. The second-order valence-corrected chi connectivity index (χ2v) is 13.5. The van der Waals surface area contributed by atoms with E-state index in [-0.39, 0.29) is 12.0 Å². The Bertz CT molecular complexity index is 1820. The summed E-state index contributed by atoms with van der Waals surface area (Å²) in [6.45, 7) is 13.1. The van der Waals surface area contributed by atoms with Crippen LogP contribution in [0.5, 0.6) is 5.75 Å². The van der Waals surface area contributed by atoms with Gasteiger partial charge in [0.2, 0.25) is 0 Å². The second kappa shape index (κ2) is 13.7. The summed E-state index contributed by atoms with van der Waals surface area (Å²) in [6.07, 6.45) is 2.96. The van der Waals surface area contributed by atoms with Gasteiger partial charge in [-0.3, -0.25) is 4.79 Å². The molecule has 1 fully saturated rings. The van der Waals surface area contributed by atoms with Crippen LogP contribution in [-0.2, 0) is 10.2 Å². The van der Waals surface area contributed by atoms with Crippen molar-refractivity contribution in [3.63, 3.8) is 0 Å². The molecule has 47 heavy (non-hydrogen) atoms. The summed E-state index contributed by atoms with van der Waals surface area (Å²) in [5.74, 6) is 1.44. The highest BCUT2D eigenvalue weighted by molar-refractivity contribution is 6.04. The first-order valence-electron chi connectivity index (χ1n) is 15.9. The Labute approximate surface area is 276 Å². The van der Waals surface area contributed by atoms with E-state index in [0.29, 0.717) is 42.7 Å². The van der Waals surface area contributed by atoms with Crippen LogP contribution in [0.2, 0.25) is 0 Å². The van der Waals surface area contributed by atoms with E-state index in [1.807, 2.05) is 84.0 Å². The molecule has 0 unspecified atom stereocenters. The van der Waals surface area contributed by atoms with Crippen LogP contribution in [0, 0.1) is 24.2 Å². The lowest BCUT2D eigenvalue weighted by molar-refractivity contribution is 0.0165. The smallest absolute Gasteiger partial charge is 0.410 e. The fourth-order valence-electron chi connectivity index (χ4n) is 5.33. The summed E-state index contributed by atoms with van der Waals surface area (Å²) < 4.78 is 11.7. The van der Waals surface area contributed by atoms with Crippen LogP contribution in [0.15, 0.2) is 67.0 Å². The molecule has 2 heterocycles. The van der Waals surface area contributed by atoms with Gasteiger partial charge in [-0.25, -0.2) is 14.8 Å². The molecule has 0 bridgehead atoms. The minimum atomic E-state index is -0.701. The van der Waals surface area contributed by atoms with Crippen LogP contribution < -0.4 is 15.4 Å². The predicted molar refractivity (Wildman–Crippen MR) is 183 cm³/mol. The number of rotatable bonds is 8. The number of hydrogen-bond acceptors (Lipinski definition) is 8. The van der Waals surface area contributed by atoms with E-state index in [9.17, 15) is 14.9 Å². The number of nitriles is 1. The van der Waals surface area contributed by atoms with Crippen LogP contribution >= 0.6 is 0 Å². The van der Waals surface area contributed by atoms with Gasteiger partial charge >= 0.3 is 6.09 Å². The van der Waals surface area contributed by atoms with Crippen molar-refractivity contribution in [2.24, 2.45) is 5.92 Å². The number of anilines is 3. The molecule has 244 valence electrons. The van der Waals surface area contributed by atoms with Crippen LogP contribution in [0.1, 0.15) is 68.9 Å². The molecule has 1 aromatic heterocycles. The average Bonchev–Trinajstić information content (AvgIpc) is 3.04. The van der Waals surface area contributed by atoms with E-state index >= 15 is 0 Å². The number of ether oxygens (including phenoxy) is 2. The largest absolute Gasteiger partial charge is 0.493 e. The van der Waals surface area contributed by atoms with Crippen molar-refractivity contribution >= 4 is 40.1 Å². The van der Waals surface area contributed by atoms with Gasteiger partial charge in [-0.2, -0.15) is 5.26 Å². The van der Waals surface area contributed by atoms with Crippen molar-refractivity contribution in [2.45, 2.75) is 65.4 Å². The number of carbonyl (C=O) groups is 2. The molecule has 3 aromatic carbocycles. The predicted octanol–water partition coefficient (Wildman–Crippen LogP) is 7.76. The van der Waals surface area contributed by atoms with Gasteiger partial charge in [-0.1, -0.05) is 18.2 Å². The Morgan fingerprint density at radius 1 is 1.00 bits per heavy atom. The molecule has 0 radical (unpaired) electrons. The lowest BCUT2D eigenvalue weighted by atomic mass is 9.85. The molecule has 0 saturated carbocycles. The molecule has 5 rings (SSSR count). The van der Waals surface area contributed by atoms with Crippen LogP contribution in [0.4, 0.5) is 22.0 Å². The Balaban J connectivity index is 1.22. The maximum absolute atomic E-state index is 13.1. The highest BCUT2D eigenvalue weighted by Crippen LogP contribution is 2.30. The summed E-state index contributed by atoms with van der Waals surface area (Å²) >= 11 is 0. The molecule has 0 spiro atoms. The first-order valence-corrected chi connectivity index (χ1v) is 15.9. The van der Waals surface area contributed by atoms with Gasteiger partial charge in [0, 0.05) is 41.5 Å². The summed E-state index contributed by atoms with van der Waals surface area (Å²) in [5, 5.41) is 16.7. The van der Waals surface area contributed by atoms with Gasteiger partial charge in [0.25, 0.3) is 5.91 Å². The van der Waals surface area contributed by atoms with E-state index in [4.69, 9.17) is 9.47 Å². The van der Waals surface area contributed by atoms with E-state index in [0.717, 1.165) is 46.3 Å². The second-order valence-electron chi connectivity index (χ2n) is 13.5. The van der Waals surface area contributed by atoms with Crippen molar-refractivity contribution in [2.75, 3.05) is 30.3 Å². The minimum absolute atomic E-state index is 0.259. The minimum Gasteiger partial charge on any atom is -0.493 e. The quantitative estimate of drug-likeness (QED) is 0.201. The Hall–Kier alpha value is -5.17. The molecular formula is C37H42N6O4. The Morgan fingerprint density at radius 2 is 1.77 bits per heavy atom. The van der Waals surface area contributed by atoms with Crippen molar-refractivity contribution in [3.05, 3.63) is 83.7 Å². The highest BCUT2D eigenvalue weighted by atomic mass is 16.6. The third-order valence-corrected chi connectivity index (χ3v) is 8.23. The van der Waals surface area contributed by atoms with Crippen molar-refractivity contribution in [3.8, 4) is 11.8 Å². The number of fused-ring (bicyclic) bond motifs is 1. The SMILES string of the molecule is Cc1ccc(NC(=O)c2cccc(C(C)(C)C#N)c2)cc1Nc1ncnc2cc(OCC3CCN(C(=O)OC(C)(C)C)CC3)ccc12. The number of aryl methyl sites for hydroxylation is 1. The zero-order chi connectivity index (χ0) is 33.8. The van der Waals surface area contributed by atoms with Gasteiger partial charge in [0.05, 0.1) is 23.6 Å². The number of carbonyl (C=O) groups excluding carboxylic acids is 2.